The minimum atomic E-state index is 0.0411. The molecule has 2 aromatic rings. The van der Waals surface area contributed by atoms with Crippen LogP contribution in [0.3, 0.4) is 0 Å². The normalized spacial score (nSPS) is 12.5. The Hall–Kier alpha value is -2.75. The quantitative estimate of drug-likeness (QED) is 0.804. The van der Waals surface area contributed by atoms with E-state index in [4.69, 9.17) is 0 Å². The highest BCUT2D eigenvalue weighted by Gasteiger charge is 2.17. The maximum absolute atomic E-state index is 11.4. The maximum Gasteiger partial charge on any atom is 0.228 e. The van der Waals surface area contributed by atoms with Crippen LogP contribution in [0.2, 0.25) is 0 Å². The molecule has 0 aromatic heterocycles. The van der Waals surface area contributed by atoms with Gasteiger partial charge >= 0.3 is 0 Å². The molecule has 1 amide bonds. The molecule has 0 aliphatic carbocycles. The van der Waals surface area contributed by atoms with Crippen LogP contribution in [-0.2, 0) is 11.2 Å². The van der Waals surface area contributed by atoms with Gasteiger partial charge in [0.15, 0.2) is 0 Å². The van der Waals surface area contributed by atoms with Crippen molar-refractivity contribution in [3.8, 4) is 0 Å². The van der Waals surface area contributed by atoms with E-state index in [1.54, 1.807) is 0 Å². The lowest BCUT2D eigenvalue weighted by Crippen LogP contribution is -2.09. The predicted molar refractivity (Wildman–Crippen MR) is 91.1 cm³/mol. The van der Waals surface area contributed by atoms with Crippen LogP contribution in [-0.4, -0.2) is 5.91 Å². The van der Waals surface area contributed by atoms with Gasteiger partial charge in [-0.1, -0.05) is 24.3 Å². The van der Waals surface area contributed by atoms with Crippen molar-refractivity contribution in [2.24, 2.45) is 0 Å². The number of carbonyl (C=O) groups is 1. The van der Waals surface area contributed by atoms with Gasteiger partial charge in [-0.25, -0.2) is 0 Å². The van der Waals surface area contributed by atoms with Crippen molar-refractivity contribution in [2.45, 2.75) is 20.3 Å². The van der Waals surface area contributed by atoms with Gasteiger partial charge in [0.25, 0.3) is 0 Å². The lowest BCUT2D eigenvalue weighted by molar-refractivity contribution is -0.115. The van der Waals surface area contributed by atoms with E-state index in [9.17, 15) is 4.79 Å². The monoisotopic (exact) mass is 293 g/mol. The predicted octanol–water partition coefficient (Wildman–Crippen LogP) is 3.79. The first-order chi connectivity index (χ1) is 10.5. The van der Waals surface area contributed by atoms with Crippen molar-refractivity contribution in [2.75, 3.05) is 16.0 Å². The Bertz CT molecular complexity index is 765. The number of fused-ring (bicyclic) bond motifs is 1. The molecule has 0 fully saturated rings. The summed E-state index contributed by atoms with van der Waals surface area (Å²) in [5, 5.41) is 9.33. The van der Waals surface area contributed by atoms with E-state index >= 15 is 0 Å². The molecule has 0 atom stereocenters. The fourth-order valence-corrected chi connectivity index (χ4v) is 2.63. The topological polar surface area (TPSA) is 53.2 Å². The summed E-state index contributed by atoms with van der Waals surface area (Å²) < 4.78 is 0. The first-order valence-electron chi connectivity index (χ1n) is 7.24. The number of rotatable bonds is 4. The number of amides is 1. The number of hydrogen-bond donors (Lipinski definition) is 3. The third-order valence-corrected chi connectivity index (χ3v) is 3.69. The molecule has 3 rings (SSSR count). The Morgan fingerprint density at radius 2 is 1.95 bits per heavy atom. The molecule has 2 aromatic carbocycles. The summed E-state index contributed by atoms with van der Waals surface area (Å²) in [5.74, 6) is 0.739. The molecule has 0 saturated carbocycles. The summed E-state index contributed by atoms with van der Waals surface area (Å²) in [6, 6.07) is 12.1. The summed E-state index contributed by atoms with van der Waals surface area (Å²) in [7, 11) is 0. The Kier molecular flexibility index (Phi) is 3.59. The van der Waals surface area contributed by atoms with Crippen LogP contribution in [0.15, 0.2) is 48.8 Å². The highest BCUT2D eigenvalue weighted by atomic mass is 16.1. The van der Waals surface area contributed by atoms with Gasteiger partial charge in [-0.05, 0) is 49.2 Å². The van der Waals surface area contributed by atoms with E-state index in [0.29, 0.717) is 12.2 Å². The first kappa shape index (κ1) is 14.2. The number of aryl methyl sites for hydroxylation is 2. The van der Waals surface area contributed by atoms with Gasteiger partial charge in [0.05, 0.1) is 6.42 Å². The first-order valence-corrected chi connectivity index (χ1v) is 7.24. The lowest BCUT2D eigenvalue weighted by atomic mass is 10.1. The number of carbonyl (C=O) groups excluding carboxylic acids is 1. The average molecular weight is 293 g/mol. The number of hydrogen-bond acceptors (Lipinski definition) is 3. The zero-order valence-electron chi connectivity index (χ0n) is 12.8. The number of nitrogens with one attached hydrogen (secondary N) is 3. The molecular formula is C18H19N3O. The van der Waals surface area contributed by atoms with Crippen molar-refractivity contribution in [3.63, 3.8) is 0 Å². The second-order valence-corrected chi connectivity index (χ2v) is 5.64. The van der Waals surface area contributed by atoms with Gasteiger partial charge in [0.1, 0.15) is 5.82 Å². The zero-order chi connectivity index (χ0) is 15.7. The Morgan fingerprint density at radius 1 is 1.14 bits per heavy atom. The summed E-state index contributed by atoms with van der Waals surface area (Å²) in [6.07, 6.45) is 0.432. The van der Waals surface area contributed by atoms with Gasteiger partial charge in [0, 0.05) is 17.1 Å². The van der Waals surface area contributed by atoms with Crippen LogP contribution in [0.4, 0.5) is 17.1 Å². The van der Waals surface area contributed by atoms with Gasteiger partial charge in [-0.3, -0.25) is 4.79 Å². The molecule has 4 nitrogen and oxygen atoms in total. The minimum absolute atomic E-state index is 0.0411. The van der Waals surface area contributed by atoms with Crippen molar-refractivity contribution >= 4 is 23.0 Å². The van der Waals surface area contributed by atoms with E-state index in [1.807, 2.05) is 24.3 Å². The van der Waals surface area contributed by atoms with E-state index in [-0.39, 0.29) is 5.91 Å². The second kappa shape index (κ2) is 5.56. The van der Waals surface area contributed by atoms with Crippen molar-refractivity contribution < 1.29 is 4.79 Å². The third kappa shape index (κ3) is 2.96. The lowest BCUT2D eigenvalue weighted by Gasteiger charge is -2.15. The van der Waals surface area contributed by atoms with Gasteiger partial charge in [-0.15, -0.1) is 0 Å². The van der Waals surface area contributed by atoms with Crippen LogP contribution in [0.1, 0.15) is 16.7 Å². The smallest absolute Gasteiger partial charge is 0.228 e. The summed E-state index contributed by atoms with van der Waals surface area (Å²) in [6.45, 7) is 8.15. The maximum atomic E-state index is 11.4. The molecular weight excluding hydrogens is 274 g/mol. The standard InChI is InChI=1S/C18H19N3O/c1-11-4-6-16(12(2)8-11)20-13(3)19-15-5-7-17-14(9-15)10-18(22)21-17/h4-9,19-20H,3,10H2,1-2H3,(H,21,22). The summed E-state index contributed by atoms with van der Waals surface area (Å²) in [5.41, 5.74) is 6.25. The molecule has 0 bridgehead atoms. The highest BCUT2D eigenvalue weighted by Crippen LogP contribution is 2.26. The molecule has 1 heterocycles. The third-order valence-electron chi connectivity index (χ3n) is 3.69. The van der Waals surface area contributed by atoms with Crippen molar-refractivity contribution in [1.82, 2.24) is 0 Å². The van der Waals surface area contributed by atoms with Crippen LogP contribution >= 0.6 is 0 Å². The van der Waals surface area contributed by atoms with Gasteiger partial charge in [0.2, 0.25) is 5.91 Å². The summed E-state index contributed by atoms with van der Waals surface area (Å²) >= 11 is 0. The number of anilines is 3. The van der Waals surface area contributed by atoms with E-state index in [0.717, 1.165) is 22.6 Å². The van der Waals surface area contributed by atoms with E-state index < -0.39 is 0 Å². The fourth-order valence-electron chi connectivity index (χ4n) is 2.63. The van der Waals surface area contributed by atoms with Gasteiger partial charge < -0.3 is 16.0 Å². The molecule has 22 heavy (non-hydrogen) atoms. The van der Waals surface area contributed by atoms with Crippen molar-refractivity contribution in [3.05, 3.63) is 65.5 Å². The van der Waals surface area contributed by atoms with Crippen LogP contribution < -0.4 is 16.0 Å². The minimum Gasteiger partial charge on any atom is -0.342 e. The largest absolute Gasteiger partial charge is 0.342 e. The number of benzene rings is 2. The highest BCUT2D eigenvalue weighted by molar-refractivity contribution is 5.99. The SMILES string of the molecule is C=C(Nc1ccc2c(c1)CC(=O)N2)Nc1ccc(C)cc1C. The van der Waals surface area contributed by atoms with Gasteiger partial charge in [-0.2, -0.15) is 0 Å². The Morgan fingerprint density at radius 3 is 2.73 bits per heavy atom. The summed E-state index contributed by atoms with van der Waals surface area (Å²) in [4.78, 5) is 11.4. The molecule has 112 valence electrons. The molecule has 0 saturated heterocycles. The fraction of sp³-hybridized carbons (Fsp3) is 0.167. The molecule has 0 radical (unpaired) electrons. The van der Waals surface area contributed by atoms with Crippen LogP contribution in [0.25, 0.3) is 0 Å². The molecule has 1 aliphatic heterocycles. The molecule has 3 N–H and O–H groups in total. The zero-order valence-corrected chi connectivity index (χ0v) is 12.8. The van der Waals surface area contributed by atoms with Crippen molar-refractivity contribution in [1.29, 1.82) is 0 Å². The molecule has 4 heteroatoms. The van der Waals surface area contributed by atoms with E-state index in [1.165, 1.54) is 11.1 Å². The van der Waals surface area contributed by atoms with Crippen LogP contribution in [0, 0.1) is 13.8 Å². The Labute approximate surface area is 130 Å². The second-order valence-electron chi connectivity index (χ2n) is 5.64. The van der Waals surface area contributed by atoms with E-state index in [2.05, 4.69) is 48.5 Å². The molecule has 1 aliphatic rings. The molecule has 0 spiro atoms. The average Bonchev–Trinajstić information content (AvgIpc) is 2.81. The van der Waals surface area contributed by atoms with Crippen LogP contribution in [0.5, 0.6) is 0 Å². The Balaban J connectivity index is 1.70. The molecule has 0 unspecified atom stereocenters.